The average Bonchev–Trinajstić information content (AvgIpc) is 2.66. The first-order valence-corrected chi connectivity index (χ1v) is 6.72. The maximum absolute atomic E-state index is 11.6. The summed E-state index contributed by atoms with van der Waals surface area (Å²) in [5, 5.41) is 4.77. The van der Waals surface area contributed by atoms with Crippen molar-refractivity contribution < 1.29 is 9.53 Å². The van der Waals surface area contributed by atoms with Crippen LogP contribution >= 0.6 is 27.5 Å². The molecule has 19 heavy (non-hydrogen) atoms. The molecule has 0 aliphatic carbocycles. The third-order valence-electron chi connectivity index (χ3n) is 2.80. The van der Waals surface area contributed by atoms with Crippen molar-refractivity contribution in [1.82, 2.24) is 9.78 Å². The number of hydrogen-bond donors (Lipinski definition) is 0. The third-order valence-corrected chi connectivity index (χ3v) is 4.28. The lowest BCUT2D eigenvalue weighted by molar-refractivity contribution is 0.0601. The number of hydrogen-bond acceptors (Lipinski definition) is 3. The molecule has 0 unspecified atom stereocenters. The Hall–Kier alpha value is -1.33. The zero-order valence-corrected chi connectivity index (χ0v) is 13.0. The average molecular weight is 344 g/mol. The lowest BCUT2D eigenvalue weighted by Crippen LogP contribution is -2.05. The Labute approximate surface area is 124 Å². The fourth-order valence-electron chi connectivity index (χ4n) is 1.79. The quantitative estimate of drug-likeness (QED) is 0.781. The number of halogens is 2. The second-order valence-electron chi connectivity index (χ2n) is 4.05. The van der Waals surface area contributed by atoms with Gasteiger partial charge in [-0.05, 0) is 48.0 Å². The van der Waals surface area contributed by atoms with Gasteiger partial charge in [-0.25, -0.2) is 9.48 Å². The van der Waals surface area contributed by atoms with Crippen molar-refractivity contribution in [3.05, 3.63) is 44.6 Å². The Kier molecular flexibility index (Phi) is 3.96. The zero-order chi connectivity index (χ0) is 14.2. The van der Waals surface area contributed by atoms with Crippen molar-refractivity contribution in [2.75, 3.05) is 7.11 Å². The monoisotopic (exact) mass is 342 g/mol. The van der Waals surface area contributed by atoms with Gasteiger partial charge in [0.05, 0.1) is 39.2 Å². The van der Waals surface area contributed by atoms with Crippen molar-refractivity contribution in [3.8, 4) is 5.69 Å². The highest BCUT2D eigenvalue weighted by Gasteiger charge is 2.15. The van der Waals surface area contributed by atoms with Gasteiger partial charge in [-0.15, -0.1) is 0 Å². The summed E-state index contributed by atoms with van der Waals surface area (Å²) in [4.78, 5) is 11.6. The Balaban J connectivity index is 2.57. The summed E-state index contributed by atoms with van der Waals surface area (Å²) >= 11 is 9.47. The summed E-state index contributed by atoms with van der Waals surface area (Å²) in [6.07, 6.45) is 0. The van der Waals surface area contributed by atoms with Crippen molar-refractivity contribution in [3.63, 3.8) is 0 Å². The van der Waals surface area contributed by atoms with Gasteiger partial charge >= 0.3 is 5.97 Å². The van der Waals surface area contributed by atoms with Gasteiger partial charge in [0, 0.05) is 0 Å². The second-order valence-corrected chi connectivity index (χ2v) is 5.25. The molecule has 0 amide bonds. The van der Waals surface area contributed by atoms with Crippen LogP contribution in [-0.2, 0) is 4.74 Å². The van der Waals surface area contributed by atoms with Gasteiger partial charge < -0.3 is 4.74 Å². The van der Waals surface area contributed by atoms with Gasteiger partial charge in [0.2, 0.25) is 0 Å². The molecule has 0 bridgehead atoms. The van der Waals surface area contributed by atoms with Crippen molar-refractivity contribution in [2.24, 2.45) is 0 Å². The van der Waals surface area contributed by atoms with E-state index in [0.717, 1.165) is 21.5 Å². The standard InChI is InChI=1S/C13H12BrClN2O2/c1-7-12(14)8(2)17(16-7)9-4-5-11(15)10(6-9)13(18)19-3/h4-6H,1-3H3. The minimum atomic E-state index is -0.465. The normalized spacial score (nSPS) is 10.6. The highest BCUT2D eigenvalue weighted by molar-refractivity contribution is 9.10. The van der Waals surface area contributed by atoms with E-state index in [1.807, 2.05) is 13.8 Å². The lowest BCUT2D eigenvalue weighted by atomic mass is 10.2. The molecule has 0 spiro atoms. The first kappa shape index (κ1) is 14.1. The summed E-state index contributed by atoms with van der Waals surface area (Å²) in [6, 6.07) is 5.13. The Morgan fingerprint density at radius 1 is 1.42 bits per heavy atom. The van der Waals surface area contributed by atoms with Crippen LogP contribution in [0.1, 0.15) is 21.7 Å². The van der Waals surface area contributed by atoms with Gasteiger partial charge in [0.25, 0.3) is 0 Å². The number of esters is 1. The van der Waals surface area contributed by atoms with E-state index in [-0.39, 0.29) is 0 Å². The molecule has 2 rings (SSSR count). The number of nitrogens with zero attached hydrogens (tertiary/aromatic N) is 2. The molecule has 4 nitrogen and oxygen atoms in total. The summed E-state index contributed by atoms with van der Waals surface area (Å²) in [7, 11) is 1.32. The van der Waals surface area contributed by atoms with Gasteiger partial charge in [-0.3, -0.25) is 0 Å². The van der Waals surface area contributed by atoms with Gasteiger partial charge in [0.1, 0.15) is 0 Å². The zero-order valence-electron chi connectivity index (χ0n) is 10.7. The van der Waals surface area contributed by atoms with Gasteiger partial charge in [-0.1, -0.05) is 11.6 Å². The molecule has 0 saturated heterocycles. The Bertz CT molecular complexity index is 652. The van der Waals surface area contributed by atoms with Crippen LogP contribution in [0.15, 0.2) is 22.7 Å². The molecule has 0 fully saturated rings. The Morgan fingerprint density at radius 2 is 2.11 bits per heavy atom. The highest BCUT2D eigenvalue weighted by atomic mass is 79.9. The predicted molar refractivity (Wildman–Crippen MR) is 77.1 cm³/mol. The van der Waals surface area contributed by atoms with Crippen LogP contribution in [0.3, 0.4) is 0 Å². The van der Waals surface area contributed by atoms with Crippen molar-refractivity contribution in [1.29, 1.82) is 0 Å². The largest absolute Gasteiger partial charge is 0.465 e. The smallest absolute Gasteiger partial charge is 0.339 e. The van der Waals surface area contributed by atoms with E-state index in [1.54, 1.807) is 22.9 Å². The molecule has 0 aliphatic rings. The van der Waals surface area contributed by atoms with Crippen LogP contribution < -0.4 is 0 Å². The predicted octanol–water partition coefficient (Wildman–Crippen LogP) is 3.69. The molecule has 1 aromatic carbocycles. The van der Waals surface area contributed by atoms with Crippen LogP contribution in [0.5, 0.6) is 0 Å². The fraction of sp³-hybridized carbons (Fsp3) is 0.231. The van der Waals surface area contributed by atoms with Crippen LogP contribution in [0.4, 0.5) is 0 Å². The fourth-order valence-corrected chi connectivity index (χ4v) is 2.23. The number of methoxy groups -OCH3 is 1. The van der Waals surface area contributed by atoms with E-state index in [1.165, 1.54) is 7.11 Å². The second kappa shape index (κ2) is 5.35. The molecule has 0 atom stereocenters. The maximum Gasteiger partial charge on any atom is 0.339 e. The van der Waals surface area contributed by atoms with E-state index in [2.05, 4.69) is 21.0 Å². The lowest BCUT2D eigenvalue weighted by Gasteiger charge is -2.08. The number of carbonyl (C=O) groups is 1. The highest BCUT2D eigenvalue weighted by Crippen LogP contribution is 2.25. The molecule has 0 saturated carbocycles. The molecule has 0 aliphatic heterocycles. The molecule has 2 aromatic rings. The van der Waals surface area contributed by atoms with E-state index in [4.69, 9.17) is 16.3 Å². The molecule has 100 valence electrons. The minimum absolute atomic E-state index is 0.324. The number of ether oxygens (including phenoxy) is 1. The number of benzene rings is 1. The molecular weight excluding hydrogens is 332 g/mol. The number of carbonyl (C=O) groups excluding carboxylic acids is 1. The SMILES string of the molecule is COC(=O)c1cc(-n2nc(C)c(Br)c2C)ccc1Cl. The molecule has 1 aromatic heterocycles. The molecule has 1 heterocycles. The van der Waals surface area contributed by atoms with E-state index in [0.29, 0.717) is 10.6 Å². The first-order valence-electron chi connectivity index (χ1n) is 5.55. The van der Waals surface area contributed by atoms with Crippen LogP contribution in [0.25, 0.3) is 5.69 Å². The van der Waals surface area contributed by atoms with Gasteiger partial charge in [-0.2, -0.15) is 5.10 Å². The third kappa shape index (κ3) is 2.53. The topological polar surface area (TPSA) is 44.1 Å². The summed E-state index contributed by atoms with van der Waals surface area (Å²) in [5.41, 5.74) is 2.92. The number of aromatic nitrogens is 2. The van der Waals surface area contributed by atoms with Crippen molar-refractivity contribution in [2.45, 2.75) is 13.8 Å². The van der Waals surface area contributed by atoms with E-state index in [9.17, 15) is 4.79 Å². The van der Waals surface area contributed by atoms with E-state index < -0.39 is 5.97 Å². The van der Waals surface area contributed by atoms with Gasteiger partial charge in [0.15, 0.2) is 0 Å². The molecule has 0 N–H and O–H groups in total. The number of aryl methyl sites for hydroxylation is 1. The van der Waals surface area contributed by atoms with Crippen LogP contribution in [-0.4, -0.2) is 22.9 Å². The first-order chi connectivity index (χ1) is 8.95. The molecular formula is C13H12BrClN2O2. The number of rotatable bonds is 2. The van der Waals surface area contributed by atoms with Crippen LogP contribution in [0.2, 0.25) is 5.02 Å². The molecule has 0 radical (unpaired) electrons. The van der Waals surface area contributed by atoms with E-state index >= 15 is 0 Å². The molecule has 6 heteroatoms. The van der Waals surface area contributed by atoms with Crippen LogP contribution in [0, 0.1) is 13.8 Å². The summed E-state index contributed by atoms with van der Waals surface area (Å²) in [6.45, 7) is 3.85. The maximum atomic E-state index is 11.6. The minimum Gasteiger partial charge on any atom is -0.465 e. The summed E-state index contributed by atoms with van der Waals surface area (Å²) < 4.78 is 7.40. The van der Waals surface area contributed by atoms with Crippen molar-refractivity contribution >= 4 is 33.5 Å². The summed E-state index contributed by atoms with van der Waals surface area (Å²) in [5.74, 6) is -0.465. The Morgan fingerprint density at radius 3 is 2.63 bits per heavy atom.